The number of hydrogen-bond acceptors (Lipinski definition) is 4. The minimum absolute atomic E-state index is 0.0367. The van der Waals surface area contributed by atoms with Crippen LogP contribution in [-0.2, 0) is 19.5 Å². The second-order valence-electron chi connectivity index (χ2n) is 6.17. The van der Waals surface area contributed by atoms with E-state index in [-0.39, 0.29) is 11.5 Å². The number of benzene rings is 1. The second-order valence-corrected chi connectivity index (χ2v) is 10.7. The fourth-order valence-corrected chi connectivity index (χ4v) is 4.91. The van der Waals surface area contributed by atoms with E-state index in [9.17, 15) is 12.6 Å². The Hall–Kier alpha value is -1.21. The summed E-state index contributed by atoms with van der Waals surface area (Å²) in [7, 11) is -5.59. The fourth-order valence-electron chi connectivity index (χ4n) is 2.78. The van der Waals surface area contributed by atoms with E-state index >= 15 is 0 Å². The molecule has 0 saturated carbocycles. The minimum Gasteiger partial charge on any atom is -0.370 e. The van der Waals surface area contributed by atoms with E-state index < -0.39 is 19.5 Å². The zero-order chi connectivity index (χ0) is 16.9. The number of hydrogen-bond donors (Lipinski definition) is 1. The molecule has 7 heteroatoms. The van der Waals surface area contributed by atoms with Gasteiger partial charge in [0, 0.05) is 34.8 Å². The molecule has 23 heavy (non-hydrogen) atoms. The Kier molecular flexibility index (Phi) is 5.97. The Labute approximate surface area is 140 Å². The molecule has 5 nitrogen and oxygen atoms in total. The van der Waals surface area contributed by atoms with Crippen molar-refractivity contribution in [2.75, 3.05) is 40.5 Å². The van der Waals surface area contributed by atoms with E-state index in [1.165, 1.54) is 25.5 Å². The van der Waals surface area contributed by atoms with Crippen LogP contribution in [-0.4, -0.2) is 49.3 Å². The van der Waals surface area contributed by atoms with E-state index in [2.05, 4.69) is 15.5 Å². The van der Waals surface area contributed by atoms with Crippen LogP contribution in [0.15, 0.2) is 24.3 Å². The molecule has 0 radical (unpaired) electrons. The molecule has 0 spiro atoms. The lowest BCUT2D eigenvalue weighted by atomic mass is 10.1. The topological polar surface area (TPSA) is 66.5 Å². The smallest absolute Gasteiger partial charge is 0.147 e. The zero-order valence-electron chi connectivity index (χ0n) is 13.7. The Morgan fingerprint density at radius 3 is 2.39 bits per heavy atom. The predicted octanol–water partition coefficient (Wildman–Crippen LogP) is 2.15. The summed E-state index contributed by atoms with van der Waals surface area (Å²) in [4.78, 5) is 2.30. The lowest BCUT2D eigenvalue weighted by Crippen LogP contribution is -2.30. The number of para-hydroxylation sites is 2. The van der Waals surface area contributed by atoms with Gasteiger partial charge in [0.25, 0.3) is 0 Å². The third kappa shape index (κ3) is 6.06. The summed E-state index contributed by atoms with van der Waals surface area (Å²) >= 11 is 0. The van der Waals surface area contributed by atoms with Crippen molar-refractivity contribution >= 4 is 36.8 Å². The molecule has 1 aromatic carbocycles. The van der Waals surface area contributed by atoms with Gasteiger partial charge in [-0.3, -0.25) is 0 Å². The predicted molar refractivity (Wildman–Crippen MR) is 101 cm³/mol. The molecule has 1 unspecified atom stereocenters. The van der Waals surface area contributed by atoms with Gasteiger partial charge in [-0.25, -0.2) is 12.6 Å². The molecule has 1 N–H and O–H groups in total. The third-order valence-corrected chi connectivity index (χ3v) is 6.46. The molecule has 130 valence electrons. The number of nitrogens with one attached hydrogen (secondary N) is 1. The van der Waals surface area contributed by atoms with Crippen molar-refractivity contribution in [1.29, 1.82) is 0 Å². The summed E-state index contributed by atoms with van der Waals surface area (Å²) in [5, 5.41) is 0. The van der Waals surface area contributed by atoms with Gasteiger partial charge in [0.2, 0.25) is 0 Å². The van der Waals surface area contributed by atoms with Crippen LogP contribution in [0.25, 0.3) is 0 Å². The van der Waals surface area contributed by atoms with Crippen LogP contribution >= 0.6 is 0 Å². The summed E-state index contributed by atoms with van der Waals surface area (Å²) in [5.41, 5.74) is 1.86. The maximum Gasteiger partial charge on any atom is 0.147 e. The molecular formula is C16H26N2O3S2. The molecule has 0 amide bonds. The molecule has 1 aliphatic heterocycles. The molecule has 1 fully saturated rings. The Morgan fingerprint density at radius 2 is 1.74 bits per heavy atom. The molecule has 0 aliphatic carbocycles. The first-order valence-corrected chi connectivity index (χ1v) is 11.9. The normalized spacial score (nSPS) is 18.4. The SMILES string of the molecule is C=S(=O)(CCCS(C)(=O)=O)Nc1ccccc1N1CCCCC1. The first-order chi connectivity index (χ1) is 10.8. The Bertz CT molecular complexity index is 721. The summed E-state index contributed by atoms with van der Waals surface area (Å²) in [5.74, 6) is 4.06. The maximum absolute atomic E-state index is 12.6. The minimum atomic E-state index is -3.03. The van der Waals surface area contributed by atoms with E-state index in [1.54, 1.807) is 0 Å². The Morgan fingerprint density at radius 1 is 1.09 bits per heavy atom. The highest BCUT2D eigenvalue weighted by Crippen LogP contribution is 2.29. The monoisotopic (exact) mass is 358 g/mol. The molecule has 0 bridgehead atoms. The van der Waals surface area contributed by atoms with Crippen LogP contribution in [0.4, 0.5) is 11.4 Å². The van der Waals surface area contributed by atoms with Crippen LogP contribution < -0.4 is 9.62 Å². The average molecular weight is 359 g/mol. The number of anilines is 2. The standard InChI is InChI=1S/C16H26N2O3S2/c1-22(19,13-8-14-23(2,20)21)17-15-9-4-5-10-16(15)18-11-6-3-7-12-18/h4-5,9-10H,1,3,6-8,11-14H2,2H3,(H,17,19). The highest BCUT2D eigenvalue weighted by Gasteiger charge is 2.16. The molecule has 1 aromatic rings. The maximum atomic E-state index is 12.6. The molecule has 1 atom stereocenters. The van der Waals surface area contributed by atoms with Gasteiger partial charge in [0.15, 0.2) is 0 Å². The van der Waals surface area contributed by atoms with Gasteiger partial charge in [0.1, 0.15) is 9.84 Å². The first kappa shape index (κ1) is 18.1. The number of piperidine rings is 1. The van der Waals surface area contributed by atoms with Crippen LogP contribution in [0.1, 0.15) is 25.7 Å². The van der Waals surface area contributed by atoms with Gasteiger partial charge in [-0.2, -0.15) is 0 Å². The van der Waals surface area contributed by atoms with Crippen molar-refractivity contribution in [3.8, 4) is 0 Å². The van der Waals surface area contributed by atoms with Crippen molar-refractivity contribution in [2.45, 2.75) is 25.7 Å². The molecule has 1 heterocycles. The number of sulfone groups is 1. The van der Waals surface area contributed by atoms with Gasteiger partial charge in [0.05, 0.1) is 17.1 Å². The summed E-state index contributed by atoms with van der Waals surface area (Å²) in [6.45, 7) is 2.01. The van der Waals surface area contributed by atoms with E-state index in [1.807, 2.05) is 24.3 Å². The molecule has 2 rings (SSSR count). The quantitative estimate of drug-likeness (QED) is 0.759. The van der Waals surface area contributed by atoms with Gasteiger partial charge >= 0.3 is 0 Å². The van der Waals surface area contributed by atoms with E-state index in [4.69, 9.17) is 0 Å². The van der Waals surface area contributed by atoms with Crippen molar-refractivity contribution in [1.82, 2.24) is 0 Å². The van der Waals surface area contributed by atoms with Gasteiger partial charge in [-0.05, 0) is 43.7 Å². The molecule has 1 aliphatic rings. The third-order valence-electron chi connectivity index (χ3n) is 3.89. The second kappa shape index (κ2) is 7.57. The fraction of sp³-hybridized carbons (Fsp3) is 0.562. The van der Waals surface area contributed by atoms with E-state index in [0.29, 0.717) is 6.42 Å². The van der Waals surface area contributed by atoms with Gasteiger partial charge in [-0.15, -0.1) is 0 Å². The van der Waals surface area contributed by atoms with Crippen molar-refractivity contribution in [2.24, 2.45) is 0 Å². The van der Waals surface area contributed by atoms with Crippen LogP contribution in [0, 0.1) is 0 Å². The van der Waals surface area contributed by atoms with Crippen LogP contribution in [0.5, 0.6) is 0 Å². The van der Waals surface area contributed by atoms with Crippen molar-refractivity contribution in [3.05, 3.63) is 24.3 Å². The van der Waals surface area contributed by atoms with Crippen molar-refractivity contribution < 1.29 is 12.6 Å². The highest BCUT2D eigenvalue weighted by molar-refractivity contribution is 8.01. The number of rotatable bonds is 7. The zero-order valence-corrected chi connectivity index (χ0v) is 15.3. The largest absolute Gasteiger partial charge is 0.370 e. The molecular weight excluding hydrogens is 332 g/mol. The van der Waals surface area contributed by atoms with Crippen molar-refractivity contribution in [3.63, 3.8) is 0 Å². The number of nitrogens with zero attached hydrogens (tertiary/aromatic N) is 1. The average Bonchev–Trinajstić information content (AvgIpc) is 2.46. The molecule has 0 aromatic heterocycles. The molecule has 1 saturated heterocycles. The lowest BCUT2D eigenvalue weighted by molar-refractivity contribution is 0.578. The summed E-state index contributed by atoms with van der Waals surface area (Å²) < 4.78 is 38.1. The summed E-state index contributed by atoms with van der Waals surface area (Å²) in [6.07, 6.45) is 5.13. The Balaban J connectivity index is 2.06. The van der Waals surface area contributed by atoms with Gasteiger partial charge < -0.3 is 9.62 Å². The van der Waals surface area contributed by atoms with Crippen LogP contribution in [0.2, 0.25) is 0 Å². The van der Waals surface area contributed by atoms with Crippen LogP contribution in [0.3, 0.4) is 0 Å². The van der Waals surface area contributed by atoms with E-state index in [0.717, 1.165) is 24.5 Å². The first-order valence-electron chi connectivity index (χ1n) is 7.91. The van der Waals surface area contributed by atoms with Gasteiger partial charge in [-0.1, -0.05) is 12.1 Å². The lowest BCUT2D eigenvalue weighted by Gasteiger charge is -2.31. The highest BCUT2D eigenvalue weighted by atomic mass is 32.2. The summed E-state index contributed by atoms with van der Waals surface area (Å²) in [6, 6.07) is 7.82.